The number of nitrogens with one attached hydrogen (secondary N) is 2. The van der Waals surface area contributed by atoms with Gasteiger partial charge in [-0.3, -0.25) is 9.59 Å². The number of allylic oxidation sites excluding steroid dienone is 1. The highest BCUT2D eigenvalue weighted by atomic mass is 19.4. The monoisotopic (exact) mass is 450 g/mol. The number of anilines is 1. The molecule has 0 atom stereocenters. The first-order valence-corrected chi connectivity index (χ1v) is 9.75. The number of benzene rings is 2. The molecular weight excluding hydrogens is 425 g/mol. The lowest BCUT2D eigenvalue weighted by Crippen LogP contribution is -2.33. The topological polar surface area (TPSA) is 119 Å². The molecule has 0 spiro atoms. The summed E-state index contributed by atoms with van der Waals surface area (Å²) in [6.07, 6.45) is -3.11. The van der Waals surface area contributed by atoms with Crippen molar-refractivity contribution >= 4 is 17.5 Å². The molecule has 32 heavy (non-hydrogen) atoms. The van der Waals surface area contributed by atoms with Gasteiger partial charge >= 0.3 is 6.18 Å². The highest BCUT2D eigenvalue weighted by Gasteiger charge is 2.28. The standard InChI is InChI=1S/C22H25F3N4O3/c1-14(19(26)20(27)30)29-17-10-9-16(21(31)28-13-22(23,24)25)12-18(17)32-11-5-8-15-6-3-2-4-7-15/h2-4,6-7,9-10,12,29H,5,8,11,13,26H2,1H3,(H2,27,30)(H,28,31)/b19-14-. The minimum absolute atomic E-state index is 0.0117. The number of amides is 2. The molecule has 10 heteroatoms. The summed E-state index contributed by atoms with van der Waals surface area (Å²) in [4.78, 5) is 23.4. The Morgan fingerprint density at radius 1 is 1.06 bits per heavy atom. The van der Waals surface area contributed by atoms with Crippen LogP contribution in [-0.2, 0) is 11.2 Å². The highest BCUT2D eigenvalue weighted by Crippen LogP contribution is 2.28. The Morgan fingerprint density at radius 2 is 1.75 bits per heavy atom. The molecule has 0 bridgehead atoms. The number of carbonyl (C=O) groups excluding carboxylic acids is 2. The lowest BCUT2D eigenvalue weighted by Gasteiger charge is -2.16. The molecule has 2 aromatic rings. The number of nitrogens with two attached hydrogens (primary N) is 2. The van der Waals surface area contributed by atoms with Crippen molar-refractivity contribution in [1.29, 1.82) is 0 Å². The van der Waals surface area contributed by atoms with E-state index in [9.17, 15) is 22.8 Å². The lowest BCUT2D eigenvalue weighted by atomic mass is 10.1. The number of ether oxygens (including phenoxy) is 1. The van der Waals surface area contributed by atoms with Crippen LogP contribution in [0, 0.1) is 0 Å². The number of hydrogen-bond donors (Lipinski definition) is 4. The fraction of sp³-hybridized carbons (Fsp3) is 0.273. The molecule has 0 aliphatic rings. The second-order valence-electron chi connectivity index (χ2n) is 6.97. The third kappa shape index (κ3) is 7.86. The molecule has 7 nitrogen and oxygen atoms in total. The summed E-state index contributed by atoms with van der Waals surface area (Å²) in [5, 5.41) is 4.71. The van der Waals surface area contributed by atoms with Crippen molar-refractivity contribution in [3.05, 3.63) is 71.1 Å². The van der Waals surface area contributed by atoms with Crippen LogP contribution >= 0.6 is 0 Å². The minimum Gasteiger partial charge on any atom is -0.491 e. The zero-order valence-electron chi connectivity index (χ0n) is 17.5. The van der Waals surface area contributed by atoms with Crippen molar-refractivity contribution in [3.63, 3.8) is 0 Å². The van der Waals surface area contributed by atoms with E-state index in [1.165, 1.54) is 25.1 Å². The van der Waals surface area contributed by atoms with Gasteiger partial charge in [0.15, 0.2) is 0 Å². The zero-order chi connectivity index (χ0) is 23.7. The average molecular weight is 450 g/mol. The van der Waals surface area contributed by atoms with Crippen molar-refractivity contribution in [2.45, 2.75) is 25.9 Å². The molecule has 6 N–H and O–H groups in total. The molecule has 0 saturated heterocycles. The molecule has 0 aliphatic heterocycles. The Bertz CT molecular complexity index is 976. The van der Waals surface area contributed by atoms with Crippen molar-refractivity contribution in [2.24, 2.45) is 11.5 Å². The van der Waals surface area contributed by atoms with E-state index in [1.54, 1.807) is 0 Å². The van der Waals surface area contributed by atoms with Gasteiger partial charge in [0.25, 0.3) is 11.8 Å². The normalized spacial score (nSPS) is 12.0. The first-order chi connectivity index (χ1) is 15.1. The van der Waals surface area contributed by atoms with Crippen LogP contribution in [0.15, 0.2) is 59.9 Å². The lowest BCUT2D eigenvalue weighted by molar-refractivity contribution is -0.123. The highest BCUT2D eigenvalue weighted by molar-refractivity contribution is 5.95. The molecule has 0 fully saturated rings. The molecule has 2 aromatic carbocycles. The maximum atomic E-state index is 12.4. The third-order valence-corrected chi connectivity index (χ3v) is 4.40. The van der Waals surface area contributed by atoms with Crippen LogP contribution in [0.25, 0.3) is 0 Å². The molecule has 2 rings (SSSR count). The number of hydrogen-bond acceptors (Lipinski definition) is 5. The molecule has 172 valence electrons. The van der Waals surface area contributed by atoms with Crippen LogP contribution in [0.4, 0.5) is 18.9 Å². The van der Waals surface area contributed by atoms with Gasteiger partial charge in [0, 0.05) is 11.3 Å². The van der Waals surface area contributed by atoms with Crippen LogP contribution in [0.1, 0.15) is 29.3 Å². The van der Waals surface area contributed by atoms with Gasteiger partial charge in [-0.1, -0.05) is 30.3 Å². The predicted molar refractivity (Wildman–Crippen MR) is 115 cm³/mol. The van der Waals surface area contributed by atoms with E-state index in [0.29, 0.717) is 12.1 Å². The number of primary amides is 1. The Labute approximate surface area is 183 Å². The molecule has 0 heterocycles. The van der Waals surface area contributed by atoms with Crippen molar-refractivity contribution in [1.82, 2.24) is 5.32 Å². The third-order valence-electron chi connectivity index (χ3n) is 4.40. The van der Waals surface area contributed by atoms with Gasteiger partial charge in [-0.15, -0.1) is 0 Å². The van der Waals surface area contributed by atoms with Crippen molar-refractivity contribution in [2.75, 3.05) is 18.5 Å². The molecule has 0 radical (unpaired) electrons. The quantitative estimate of drug-likeness (QED) is 0.328. The van der Waals surface area contributed by atoms with Gasteiger partial charge in [0.05, 0.1) is 12.3 Å². The fourth-order valence-electron chi connectivity index (χ4n) is 2.73. The van der Waals surface area contributed by atoms with Crippen LogP contribution < -0.4 is 26.8 Å². The van der Waals surface area contributed by atoms with E-state index < -0.39 is 24.5 Å². The van der Waals surface area contributed by atoms with Crippen molar-refractivity contribution < 1.29 is 27.5 Å². The number of rotatable bonds is 10. The summed E-state index contributed by atoms with van der Waals surface area (Å²) in [5.74, 6) is -1.50. The summed E-state index contributed by atoms with van der Waals surface area (Å²) in [6.45, 7) is 0.366. The van der Waals surface area contributed by atoms with E-state index in [-0.39, 0.29) is 29.3 Å². The first-order valence-electron chi connectivity index (χ1n) is 9.75. The van der Waals surface area contributed by atoms with Crippen LogP contribution in [0.5, 0.6) is 5.75 Å². The largest absolute Gasteiger partial charge is 0.491 e. The van der Waals surface area contributed by atoms with Crippen molar-refractivity contribution in [3.8, 4) is 5.75 Å². The predicted octanol–water partition coefficient (Wildman–Crippen LogP) is 3.08. The van der Waals surface area contributed by atoms with Gasteiger partial charge in [-0.05, 0) is 43.5 Å². The average Bonchev–Trinajstić information content (AvgIpc) is 2.75. The summed E-state index contributed by atoms with van der Waals surface area (Å²) >= 11 is 0. The zero-order valence-corrected chi connectivity index (χ0v) is 17.5. The Morgan fingerprint density at radius 3 is 2.38 bits per heavy atom. The number of carbonyl (C=O) groups is 2. The Hall–Kier alpha value is -3.69. The van der Waals surface area contributed by atoms with E-state index in [1.807, 2.05) is 35.6 Å². The van der Waals surface area contributed by atoms with Crippen LogP contribution in [0.3, 0.4) is 0 Å². The molecule has 0 aromatic heterocycles. The smallest absolute Gasteiger partial charge is 0.405 e. The Kier molecular flexibility index (Phi) is 8.51. The second kappa shape index (κ2) is 11.1. The second-order valence-corrected chi connectivity index (χ2v) is 6.97. The van der Waals surface area contributed by atoms with Crippen LogP contribution in [-0.4, -0.2) is 31.1 Å². The first kappa shape index (κ1) is 24.6. The van der Waals surface area contributed by atoms with Gasteiger partial charge < -0.3 is 26.8 Å². The molecule has 0 unspecified atom stereocenters. The molecule has 0 aliphatic carbocycles. The van der Waals surface area contributed by atoms with Gasteiger partial charge in [0.1, 0.15) is 18.0 Å². The van der Waals surface area contributed by atoms with Crippen LogP contribution in [0.2, 0.25) is 0 Å². The maximum Gasteiger partial charge on any atom is 0.405 e. The SMILES string of the molecule is C/C(Nc1ccc(C(=O)NCC(F)(F)F)cc1OCCCc1ccccc1)=C(/N)C(N)=O. The molecule has 2 amide bonds. The van der Waals surface area contributed by atoms with E-state index in [4.69, 9.17) is 16.2 Å². The summed E-state index contributed by atoms with van der Waals surface area (Å²) < 4.78 is 43.0. The summed E-state index contributed by atoms with van der Waals surface area (Å²) in [6, 6.07) is 13.9. The molecular formula is C22H25F3N4O3. The number of aryl methyl sites for hydroxylation is 1. The van der Waals surface area contributed by atoms with Gasteiger partial charge in [-0.2, -0.15) is 13.2 Å². The number of halogens is 3. The minimum atomic E-state index is -4.53. The van der Waals surface area contributed by atoms with E-state index >= 15 is 0 Å². The van der Waals surface area contributed by atoms with Gasteiger partial charge in [-0.25, -0.2) is 0 Å². The summed E-state index contributed by atoms with van der Waals surface area (Å²) in [7, 11) is 0. The van der Waals surface area contributed by atoms with Gasteiger partial charge in [0.2, 0.25) is 0 Å². The fourth-order valence-corrected chi connectivity index (χ4v) is 2.73. The molecule has 0 saturated carbocycles. The maximum absolute atomic E-state index is 12.4. The summed E-state index contributed by atoms with van der Waals surface area (Å²) in [5.41, 5.74) is 12.4. The van der Waals surface area contributed by atoms with E-state index in [0.717, 1.165) is 12.0 Å². The van der Waals surface area contributed by atoms with E-state index in [2.05, 4.69) is 5.32 Å². The Balaban J connectivity index is 2.17. The number of alkyl halides is 3.